The molecule has 2 nitrogen and oxygen atoms in total. The first-order chi connectivity index (χ1) is 5.91. The SMILES string of the molecule is CC1(NCC(F)(F)F)CCCOC1. The van der Waals surface area contributed by atoms with Crippen molar-refractivity contribution in [2.24, 2.45) is 0 Å². The summed E-state index contributed by atoms with van der Waals surface area (Å²) in [6.45, 7) is 1.84. The van der Waals surface area contributed by atoms with Gasteiger partial charge in [0.05, 0.1) is 13.2 Å². The fraction of sp³-hybridized carbons (Fsp3) is 1.00. The van der Waals surface area contributed by atoms with Crippen molar-refractivity contribution in [1.82, 2.24) is 5.32 Å². The summed E-state index contributed by atoms with van der Waals surface area (Å²) in [4.78, 5) is 0. The quantitative estimate of drug-likeness (QED) is 0.727. The number of rotatable bonds is 2. The molecular weight excluding hydrogens is 183 g/mol. The predicted molar refractivity (Wildman–Crippen MR) is 42.5 cm³/mol. The molecular formula is C8H14F3NO. The van der Waals surface area contributed by atoms with Crippen LogP contribution in [0, 0.1) is 0 Å². The van der Waals surface area contributed by atoms with Crippen LogP contribution in [0.4, 0.5) is 13.2 Å². The molecule has 1 rings (SSSR count). The summed E-state index contributed by atoms with van der Waals surface area (Å²) in [6, 6.07) is 0. The zero-order chi connectivity index (χ0) is 9.95. The van der Waals surface area contributed by atoms with Crippen LogP contribution < -0.4 is 5.32 Å². The van der Waals surface area contributed by atoms with Gasteiger partial charge in [-0.2, -0.15) is 13.2 Å². The summed E-state index contributed by atoms with van der Waals surface area (Å²) in [5, 5.41) is 2.49. The Hall–Kier alpha value is -0.290. The van der Waals surface area contributed by atoms with Crippen LogP contribution in [0.1, 0.15) is 19.8 Å². The molecule has 1 atom stereocenters. The van der Waals surface area contributed by atoms with Crippen LogP contribution in [-0.2, 0) is 4.74 Å². The lowest BCUT2D eigenvalue weighted by Gasteiger charge is -2.34. The zero-order valence-corrected chi connectivity index (χ0v) is 7.58. The molecule has 78 valence electrons. The van der Waals surface area contributed by atoms with E-state index in [1.54, 1.807) is 6.92 Å². The van der Waals surface area contributed by atoms with Crippen LogP contribution in [-0.4, -0.2) is 31.5 Å². The van der Waals surface area contributed by atoms with E-state index < -0.39 is 18.3 Å². The fourth-order valence-corrected chi connectivity index (χ4v) is 1.39. The lowest BCUT2D eigenvalue weighted by atomic mass is 9.95. The van der Waals surface area contributed by atoms with Gasteiger partial charge in [-0.25, -0.2) is 0 Å². The second-order valence-electron chi connectivity index (χ2n) is 3.69. The van der Waals surface area contributed by atoms with Crippen molar-refractivity contribution in [2.75, 3.05) is 19.8 Å². The Balaban J connectivity index is 2.33. The van der Waals surface area contributed by atoms with Gasteiger partial charge in [0.1, 0.15) is 0 Å². The van der Waals surface area contributed by atoms with Gasteiger partial charge in [0, 0.05) is 12.1 Å². The number of hydrogen-bond donors (Lipinski definition) is 1. The Kier molecular flexibility index (Phi) is 3.18. The van der Waals surface area contributed by atoms with Crippen LogP contribution in [0.3, 0.4) is 0 Å². The van der Waals surface area contributed by atoms with Crippen LogP contribution in [0.25, 0.3) is 0 Å². The van der Waals surface area contributed by atoms with Crippen molar-refractivity contribution in [3.63, 3.8) is 0 Å². The number of halogens is 3. The lowest BCUT2D eigenvalue weighted by Crippen LogP contribution is -2.51. The summed E-state index contributed by atoms with van der Waals surface area (Å²) in [5.74, 6) is 0. The van der Waals surface area contributed by atoms with Gasteiger partial charge in [0.15, 0.2) is 0 Å². The number of ether oxygens (including phenoxy) is 1. The van der Waals surface area contributed by atoms with E-state index in [4.69, 9.17) is 4.74 Å². The predicted octanol–water partition coefficient (Wildman–Crippen LogP) is 1.71. The summed E-state index contributed by atoms with van der Waals surface area (Å²) in [6.07, 6.45) is -2.58. The average molecular weight is 197 g/mol. The van der Waals surface area contributed by atoms with Crippen molar-refractivity contribution in [3.05, 3.63) is 0 Å². The molecule has 1 N–H and O–H groups in total. The number of alkyl halides is 3. The highest BCUT2D eigenvalue weighted by Gasteiger charge is 2.33. The van der Waals surface area contributed by atoms with E-state index in [9.17, 15) is 13.2 Å². The minimum atomic E-state index is -4.14. The van der Waals surface area contributed by atoms with Crippen LogP contribution >= 0.6 is 0 Å². The van der Waals surface area contributed by atoms with Gasteiger partial charge >= 0.3 is 6.18 Å². The first kappa shape index (κ1) is 10.8. The molecule has 1 saturated heterocycles. The van der Waals surface area contributed by atoms with Crippen molar-refractivity contribution in [3.8, 4) is 0 Å². The van der Waals surface area contributed by atoms with E-state index in [0.29, 0.717) is 13.2 Å². The van der Waals surface area contributed by atoms with Gasteiger partial charge in [0.25, 0.3) is 0 Å². The van der Waals surface area contributed by atoms with E-state index in [-0.39, 0.29) is 0 Å². The Morgan fingerprint density at radius 1 is 1.46 bits per heavy atom. The maximum Gasteiger partial charge on any atom is 0.401 e. The first-order valence-corrected chi connectivity index (χ1v) is 4.31. The molecule has 0 radical (unpaired) electrons. The van der Waals surface area contributed by atoms with Gasteiger partial charge in [-0.1, -0.05) is 0 Å². The highest BCUT2D eigenvalue weighted by atomic mass is 19.4. The van der Waals surface area contributed by atoms with Gasteiger partial charge in [0.2, 0.25) is 0 Å². The normalized spacial score (nSPS) is 30.5. The zero-order valence-electron chi connectivity index (χ0n) is 7.58. The standard InChI is InChI=1S/C8H14F3NO/c1-7(3-2-4-13-6-7)12-5-8(9,10)11/h12H,2-6H2,1H3. The Morgan fingerprint density at radius 3 is 2.62 bits per heavy atom. The monoisotopic (exact) mass is 197 g/mol. The molecule has 0 aromatic carbocycles. The summed E-state index contributed by atoms with van der Waals surface area (Å²) < 4.78 is 40.8. The minimum absolute atomic E-state index is 0.364. The average Bonchev–Trinajstić information content (AvgIpc) is 2.02. The Labute approximate surface area is 75.4 Å². The van der Waals surface area contributed by atoms with E-state index in [0.717, 1.165) is 12.8 Å². The molecule has 0 aliphatic carbocycles. The summed E-state index contributed by atoms with van der Waals surface area (Å²) in [5.41, 5.74) is -0.506. The molecule has 0 amide bonds. The van der Waals surface area contributed by atoms with Gasteiger partial charge in [-0.05, 0) is 19.8 Å². The Bertz CT molecular complexity index is 163. The summed E-state index contributed by atoms with van der Waals surface area (Å²) in [7, 11) is 0. The molecule has 1 fully saturated rings. The summed E-state index contributed by atoms with van der Waals surface area (Å²) >= 11 is 0. The topological polar surface area (TPSA) is 21.3 Å². The van der Waals surface area contributed by atoms with Crippen LogP contribution in [0.2, 0.25) is 0 Å². The first-order valence-electron chi connectivity index (χ1n) is 4.31. The molecule has 0 spiro atoms. The van der Waals surface area contributed by atoms with Crippen LogP contribution in [0.15, 0.2) is 0 Å². The third-order valence-electron chi connectivity index (χ3n) is 2.15. The van der Waals surface area contributed by atoms with E-state index >= 15 is 0 Å². The third kappa shape index (κ3) is 3.95. The molecule has 1 heterocycles. The van der Waals surface area contributed by atoms with Crippen molar-refractivity contribution < 1.29 is 17.9 Å². The maximum absolute atomic E-state index is 11.9. The second kappa shape index (κ2) is 3.84. The molecule has 5 heteroatoms. The van der Waals surface area contributed by atoms with Crippen molar-refractivity contribution >= 4 is 0 Å². The smallest absolute Gasteiger partial charge is 0.380 e. The van der Waals surface area contributed by atoms with E-state index in [1.165, 1.54) is 0 Å². The molecule has 1 aliphatic rings. The third-order valence-corrected chi connectivity index (χ3v) is 2.15. The molecule has 0 bridgehead atoms. The minimum Gasteiger partial charge on any atom is -0.380 e. The van der Waals surface area contributed by atoms with Crippen molar-refractivity contribution in [1.29, 1.82) is 0 Å². The number of nitrogens with one attached hydrogen (secondary N) is 1. The van der Waals surface area contributed by atoms with Gasteiger partial charge in [-0.15, -0.1) is 0 Å². The fourth-order valence-electron chi connectivity index (χ4n) is 1.39. The Morgan fingerprint density at radius 2 is 2.15 bits per heavy atom. The van der Waals surface area contributed by atoms with E-state index in [1.807, 2.05) is 0 Å². The van der Waals surface area contributed by atoms with Gasteiger partial charge < -0.3 is 10.1 Å². The highest BCUT2D eigenvalue weighted by molar-refractivity contribution is 4.86. The largest absolute Gasteiger partial charge is 0.401 e. The molecule has 0 aromatic heterocycles. The molecule has 13 heavy (non-hydrogen) atoms. The van der Waals surface area contributed by atoms with E-state index in [2.05, 4.69) is 5.32 Å². The molecule has 0 aromatic rings. The lowest BCUT2D eigenvalue weighted by molar-refractivity contribution is -0.131. The second-order valence-corrected chi connectivity index (χ2v) is 3.69. The highest BCUT2D eigenvalue weighted by Crippen LogP contribution is 2.20. The van der Waals surface area contributed by atoms with Gasteiger partial charge in [-0.3, -0.25) is 0 Å². The maximum atomic E-state index is 11.9. The van der Waals surface area contributed by atoms with Crippen LogP contribution in [0.5, 0.6) is 0 Å². The molecule has 1 unspecified atom stereocenters. The number of hydrogen-bond acceptors (Lipinski definition) is 2. The molecule has 0 saturated carbocycles. The molecule has 1 aliphatic heterocycles. The van der Waals surface area contributed by atoms with Crippen molar-refractivity contribution in [2.45, 2.75) is 31.5 Å².